The summed E-state index contributed by atoms with van der Waals surface area (Å²) in [4.78, 5) is 44.7. The summed E-state index contributed by atoms with van der Waals surface area (Å²) in [7, 11) is 0. The number of halogens is 2. The fourth-order valence-electron chi connectivity index (χ4n) is 6.16. The van der Waals surface area contributed by atoms with E-state index in [0.29, 0.717) is 18.5 Å². The molecule has 2 N–H and O–H groups in total. The normalized spacial score (nSPS) is 23.2. The first-order valence-electron chi connectivity index (χ1n) is 14.3. The first kappa shape index (κ1) is 29.8. The van der Waals surface area contributed by atoms with Crippen molar-refractivity contribution in [2.24, 2.45) is 4.99 Å². The Balaban J connectivity index is 1.19. The van der Waals surface area contributed by atoms with Crippen LogP contribution in [-0.2, 0) is 16.0 Å². The van der Waals surface area contributed by atoms with Crippen molar-refractivity contribution < 1.29 is 23.9 Å². The lowest BCUT2D eigenvalue weighted by atomic mass is 9.91. The Morgan fingerprint density at radius 1 is 1.23 bits per heavy atom. The second-order valence-corrected chi connectivity index (χ2v) is 14.5. The second kappa shape index (κ2) is 12.1. The summed E-state index contributed by atoms with van der Waals surface area (Å²) in [5.41, 5.74) is 2.00. The van der Waals surface area contributed by atoms with Gasteiger partial charge in [-0.3, -0.25) is 19.4 Å². The quantitative estimate of drug-likeness (QED) is 0.251. The van der Waals surface area contributed by atoms with Crippen molar-refractivity contribution in [2.45, 2.75) is 68.7 Å². The van der Waals surface area contributed by atoms with Crippen molar-refractivity contribution >= 4 is 73.3 Å². The maximum atomic E-state index is 15.4. The number of benzene rings is 2. The molecule has 7 nitrogen and oxygen atoms in total. The molecular weight excluding hydrogens is 609 g/mol. The van der Waals surface area contributed by atoms with E-state index in [4.69, 9.17) is 16.6 Å². The molecule has 43 heavy (non-hydrogen) atoms. The molecule has 1 saturated carbocycles. The number of aliphatic imine (C=N–C) groups is 1. The Morgan fingerprint density at radius 2 is 2.05 bits per heavy atom. The van der Waals surface area contributed by atoms with Gasteiger partial charge in [0.2, 0.25) is 5.91 Å². The Labute approximate surface area is 262 Å². The lowest BCUT2D eigenvalue weighted by molar-refractivity contribution is -0.137. The van der Waals surface area contributed by atoms with Crippen LogP contribution in [0.25, 0.3) is 10.1 Å². The third-order valence-corrected chi connectivity index (χ3v) is 11.1. The van der Waals surface area contributed by atoms with Gasteiger partial charge in [-0.15, -0.1) is 23.1 Å². The molecule has 1 fully saturated rings. The summed E-state index contributed by atoms with van der Waals surface area (Å²) < 4.78 is 16.1. The van der Waals surface area contributed by atoms with Crippen LogP contribution in [-0.4, -0.2) is 56.2 Å². The van der Waals surface area contributed by atoms with Gasteiger partial charge in [0.25, 0.3) is 5.91 Å². The number of thiophene rings is 1. The molecule has 6 rings (SSSR count). The van der Waals surface area contributed by atoms with Crippen molar-refractivity contribution in [1.29, 1.82) is 0 Å². The lowest BCUT2D eigenvalue weighted by Gasteiger charge is -2.34. The zero-order chi connectivity index (χ0) is 30.3. The molecule has 3 aliphatic rings. The molecule has 0 radical (unpaired) electrons. The minimum Gasteiger partial charge on any atom is -0.481 e. The monoisotopic (exact) mass is 639 g/mol. The molecule has 1 aromatic heterocycles. The number of carbonyl (C=O) groups is 3. The van der Waals surface area contributed by atoms with Crippen LogP contribution in [0.4, 0.5) is 10.1 Å². The second-order valence-electron chi connectivity index (χ2n) is 11.5. The summed E-state index contributed by atoms with van der Waals surface area (Å²) >= 11 is 9.52. The molecule has 2 amide bonds. The van der Waals surface area contributed by atoms with Crippen LogP contribution in [0.1, 0.15) is 61.4 Å². The summed E-state index contributed by atoms with van der Waals surface area (Å²) in [5.74, 6) is -2.07. The summed E-state index contributed by atoms with van der Waals surface area (Å²) in [6, 6.07) is 9.75. The van der Waals surface area contributed by atoms with Crippen LogP contribution in [0.2, 0.25) is 5.02 Å². The highest BCUT2D eigenvalue weighted by molar-refractivity contribution is 8.15. The number of anilines is 1. The third-order valence-electron chi connectivity index (χ3n) is 8.41. The molecule has 224 valence electrons. The van der Waals surface area contributed by atoms with Crippen molar-refractivity contribution in [3.63, 3.8) is 0 Å². The number of aliphatic carboxylic acids is 1. The number of rotatable bonds is 8. The molecule has 11 heteroatoms. The zero-order valence-corrected chi connectivity index (χ0v) is 26.0. The van der Waals surface area contributed by atoms with Crippen LogP contribution in [0, 0.1) is 5.82 Å². The Hall–Kier alpha value is -3.21. The predicted octanol–water partition coefficient (Wildman–Crippen LogP) is 7.34. The minimum absolute atomic E-state index is 0.0574. The van der Waals surface area contributed by atoms with E-state index in [1.807, 2.05) is 36.1 Å². The highest BCUT2D eigenvalue weighted by atomic mass is 35.5. The van der Waals surface area contributed by atoms with Gasteiger partial charge in [-0.2, -0.15) is 0 Å². The predicted molar refractivity (Wildman–Crippen MR) is 171 cm³/mol. The number of hydrogen-bond acceptors (Lipinski definition) is 6. The number of amides is 2. The molecule has 0 bridgehead atoms. The number of carboxylic acid groups (broad SMARTS) is 1. The molecular formula is C32H31ClFN3O4S2. The topological polar surface area (TPSA) is 99.1 Å². The Bertz CT molecular complexity index is 1690. The van der Waals surface area contributed by atoms with E-state index in [0.717, 1.165) is 40.8 Å². The minimum atomic E-state index is -0.840. The van der Waals surface area contributed by atoms with Crippen LogP contribution in [0.3, 0.4) is 0 Å². The lowest BCUT2D eigenvalue weighted by Crippen LogP contribution is -2.47. The van der Waals surface area contributed by atoms with Gasteiger partial charge in [-0.1, -0.05) is 42.3 Å². The van der Waals surface area contributed by atoms with Gasteiger partial charge in [0.15, 0.2) is 0 Å². The SMILES string of the molecule is CC1(CCC(=O)O)CN=C([C@@H]2C=C3CCCC[C@@H]3N2C(=O)Cc2cc(Cl)c(NC(=O)c3csc4ccccc34)cc2F)S1. The number of fused-ring (bicyclic) bond motifs is 2. The average Bonchev–Trinajstić information content (AvgIpc) is 3.69. The van der Waals surface area contributed by atoms with Crippen molar-refractivity contribution in [3.8, 4) is 0 Å². The van der Waals surface area contributed by atoms with Gasteiger partial charge in [0.1, 0.15) is 5.82 Å². The zero-order valence-electron chi connectivity index (χ0n) is 23.6. The van der Waals surface area contributed by atoms with E-state index in [1.165, 1.54) is 29.0 Å². The number of thioether (sulfide) groups is 1. The molecule has 0 spiro atoms. The molecule has 3 heterocycles. The maximum absolute atomic E-state index is 15.4. The van der Waals surface area contributed by atoms with Crippen LogP contribution >= 0.6 is 34.7 Å². The summed E-state index contributed by atoms with van der Waals surface area (Å²) in [6.45, 7) is 2.50. The molecule has 1 aliphatic carbocycles. The van der Waals surface area contributed by atoms with Gasteiger partial charge in [-0.25, -0.2) is 4.39 Å². The number of carboxylic acids is 1. The van der Waals surface area contributed by atoms with E-state index >= 15 is 4.39 Å². The molecule has 0 saturated heterocycles. The van der Waals surface area contributed by atoms with Gasteiger partial charge >= 0.3 is 5.97 Å². The fourth-order valence-corrected chi connectivity index (χ4v) is 8.61. The van der Waals surface area contributed by atoms with E-state index in [1.54, 1.807) is 17.1 Å². The highest BCUT2D eigenvalue weighted by Crippen LogP contribution is 2.43. The largest absolute Gasteiger partial charge is 0.481 e. The van der Waals surface area contributed by atoms with E-state index in [9.17, 15) is 19.5 Å². The summed E-state index contributed by atoms with van der Waals surface area (Å²) in [6.07, 6.45) is 6.30. The third kappa shape index (κ3) is 6.10. The highest BCUT2D eigenvalue weighted by Gasteiger charge is 2.44. The average molecular weight is 640 g/mol. The van der Waals surface area contributed by atoms with Crippen LogP contribution in [0.5, 0.6) is 0 Å². The van der Waals surface area contributed by atoms with Gasteiger partial charge in [0.05, 0.1) is 46.4 Å². The van der Waals surface area contributed by atoms with E-state index < -0.39 is 11.8 Å². The molecule has 1 unspecified atom stereocenters. The fraction of sp³-hybridized carbons (Fsp3) is 0.375. The molecule has 2 aromatic carbocycles. The van der Waals surface area contributed by atoms with Crippen LogP contribution in [0.15, 0.2) is 58.4 Å². The molecule has 2 aliphatic heterocycles. The van der Waals surface area contributed by atoms with E-state index in [2.05, 4.69) is 11.4 Å². The Kier molecular flexibility index (Phi) is 8.37. The van der Waals surface area contributed by atoms with Gasteiger partial charge in [0, 0.05) is 26.6 Å². The number of nitrogens with one attached hydrogen (secondary N) is 1. The number of hydrogen-bond donors (Lipinski definition) is 2. The smallest absolute Gasteiger partial charge is 0.303 e. The standard InChI is InChI=1S/C32H31ClFN3O4S2/c1-32(11-10-29(39)40)17-35-31(43-32)26-13-18-6-2-4-8-25(18)37(26)28(38)14-19-12-22(33)24(15-23(19)34)36-30(41)21-16-42-27-9-5-3-7-20(21)27/h3,5,7,9,12-13,15-16,25-26H,2,4,6,8,10-11,14,17H2,1H3,(H,36,41)(H,39,40)/t25-,26-,32?/m0/s1. The van der Waals surface area contributed by atoms with Gasteiger partial charge < -0.3 is 15.3 Å². The molecule has 3 atom stereocenters. The molecule has 3 aromatic rings. The van der Waals surface area contributed by atoms with Crippen molar-refractivity contribution in [3.05, 3.63) is 75.4 Å². The van der Waals surface area contributed by atoms with Gasteiger partial charge in [-0.05, 0) is 61.9 Å². The number of nitrogens with zero attached hydrogens (tertiary/aromatic N) is 2. The van der Waals surface area contributed by atoms with Crippen molar-refractivity contribution in [1.82, 2.24) is 4.90 Å². The first-order valence-corrected chi connectivity index (χ1v) is 16.4. The maximum Gasteiger partial charge on any atom is 0.303 e. The Morgan fingerprint density at radius 3 is 2.86 bits per heavy atom. The van der Waals surface area contributed by atoms with Crippen molar-refractivity contribution in [2.75, 3.05) is 11.9 Å². The number of carbonyl (C=O) groups excluding carboxylic acids is 2. The van der Waals surface area contributed by atoms with E-state index in [-0.39, 0.29) is 57.8 Å². The van der Waals surface area contributed by atoms with Crippen LogP contribution < -0.4 is 5.32 Å². The first-order chi connectivity index (χ1) is 20.6. The summed E-state index contributed by atoms with van der Waals surface area (Å²) in [5, 5.41) is 15.4.